The first-order valence-corrected chi connectivity index (χ1v) is 10.8. The van der Waals surface area contributed by atoms with Crippen molar-refractivity contribution in [3.05, 3.63) is 75.1 Å². The molecule has 1 aromatic heterocycles. The lowest BCUT2D eigenvalue weighted by molar-refractivity contribution is -0.307. The molecule has 3 rings (SSSR count). The van der Waals surface area contributed by atoms with Gasteiger partial charge in [-0.05, 0) is 42.7 Å². The minimum absolute atomic E-state index is 0.0529. The van der Waals surface area contributed by atoms with E-state index in [0.717, 1.165) is 11.1 Å². The van der Waals surface area contributed by atoms with E-state index in [4.69, 9.17) is 4.42 Å². The molecule has 8 heteroatoms. The lowest BCUT2D eigenvalue weighted by Gasteiger charge is -2.19. The predicted octanol–water partition coefficient (Wildman–Crippen LogP) is 1.83. The minimum Gasteiger partial charge on any atom is -0.548 e. The molecule has 2 N–H and O–H groups in total. The van der Waals surface area contributed by atoms with Crippen LogP contribution in [0.4, 0.5) is 0 Å². The molecule has 0 aliphatic heterocycles. The molecule has 3 aromatic rings. The van der Waals surface area contributed by atoms with Crippen LogP contribution in [-0.4, -0.2) is 28.8 Å². The third-order valence-corrected chi connectivity index (χ3v) is 5.96. The number of carboxylic acids is 1. The van der Waals surface area contributed by atoms with Gasteiger partial charge in [-0.3, -0.25) is 4.79 Å². The van der Waals surface area contributed by atoms with Gasteiger partial charge in [0.25, 0.3) is 0 Å². The number of carboxylic acid groups (broad SMARTS) is 1. The summed E-state index contributed by atoms with van der Waals surface area (Å²) in [5, 5.41) is 24.5. The summed E-state index contributed by atoms with van der Waals surface area (Å²) in [6.07, 6.45) is -0.370. The number of rotatable bonds is 8. The highest BCUT2D eigenvalue weighted by Crippen LogP contribution is 2.29. The summed E-state index contributed by atoms with van der Waals surface area (Å²) in [6.45, 7) is 3.37. The van der Waals surface area contributed by atoms with Crippen LogP contribution in [0.2, 0.25) is 0 Å². The Hall–Kier alpha value is -3.26. The van der Waals surface area contributed by atoms with Gasteiger partial charge in [-0.25, -0.2) is 4.79 Å². The molecule has 0 fully saturated rings. The first kappa shape index (κ1) is 22.4. The molecule has 0 aliphatic rings. The van der Waals surface area contributed by atoms with Gasteiger partial charge in [0.15, 0.2) is 0 Å². The van der Waals surface area contributed by atoms with Crippen LogP contribution in [0.15, 0.2) is 51.7 Å². The second-order valence-electron chi connectivity index (χ2n) is 7.27. The van der Waals surface area contributed by atoms with E-state index in [0.29, 0.717) is 16.7 Å². The van der Waals surface area contributed by atoms with Gasteiger partial charge in [-0.15, -0.1) is 0 Å². The SMILES string of the molecule is Cc1cc(O)c2c(C)c(CC(=O)N[C@@H](CSCc3ccccc3)C(=O)[O-])c(=O)oc2c1. The Labute approximate surface area is 183 Å². The van der Waals surface area contributed by atoms with Crippen LogP contribution in [0, 0.1) is 13.8 Å². The van der Waals surface area contributed by atoms with Crippen LogP contribution in [0.3, 0.4) is 0 Å². The smallest absolute Gasteiger partial charge is 0.340 e. The van der Waals surface area contributed by atoms with Gasteiger partial charge < -0.3 is 24.7 Å². The predicted molar refractivity (Wildman–Crippen MR) is 117 cm³/mol. The Morgan fingerprint density at radius 3 is 2.58 bits per heavy atom. The van der Waals surface area contributed by atoms with Crippen LogP contribution in [0.1, 0.15) is 22.3 Å². The number of aryl methyl sites for hydroxylation is 2. The van der Waals surface area contributed by atoms with Crippen molar-refractivity contribution < 1.29 is 24.2 Å². The number of thioether (sulfide) groups is 1. The number of amides is 1. The molecule has 0 unspecified atom stereocenters. The quantitative estimate of drug-likeness (QED) is 0.513. The van der Waals surface area contributed by atoms with Crippen LogP contribution >= 0.6 is 11.8 Å². The zero-order valence-corrected chi connectivity index (χ0v) is 18.0. The molecule has 7 nitrogen and oxygen atoms in total. The fourth-order valence-corrected chi connectivity index (χ4v) is 4.31. The van der Waals surface area contributed by atoms with Gasteiger partial charge in [0.1, 0.15) is 11.3 Å². The molecule has 0 spiro atoms. The number of nitrogens with one attached hydrogen (secondary N) is 1. The lowest BCUT2D eigenvalue weighted by atomic mass is 10.0. The zero-order valence-electron chi connectivity index (χ0n) is 17.1. The van der Waals surface area contributed by atoms with Gasteiger partial charge in [-0.1, -0.05) is 30.3 Å². The Kier molecular flexibility index (Phi) is 7.02. The molecule has 2 aromatic carbocycles. The van der Waals surface area contributed by atoms with E-state index in [1.807, 2.05) is 30.3 Å². The third-order valence-electron chi connectivity index (χ3n) is 4.86. The molecule has 1 atom stereocenters. The lowest BCUT2D eigenvalue weighted by Crippen LogP contribution is -2.50. The topological polar surface area (TPSA) is 120 Å². The van der Waals surface area contributed by atoms with Gasteiger partial charge >= 0.3 is 5.63 Å². The van der Waals surface area contributed by atoms with Gasteiger partial charge in [0.05, 0.1) is 29.4 Å². The van der Waals surface area contributed by atoms with Gasteiger partial charge in [0.2, 0.25) is 5.91 Å². The molecule has 0 bridgehead atoms. The molecule has 162 valence electrons. The van der Waals surface area contributed by atoms with Crippen molar-refractivity contribution in [1.29, 1.82) is 0 Å². The highest BCUT2D eigenvalue weighted by molar-refractivity contribution is 7.98. The summed E-state index contributed by atoms with van der Waals surface area (Å²) in [6, 6.07) is 11.5. The number of aliphatic carboxylic acids is 1. The number of hydrogen-bond donors (Lipinski definition) is 2. The largest absolute Gasteiger partial charge is 0.548 e. The molecular weight excluding hydrogens is 418 g/mol. The van der Waals surface area contributed by atoms with E-state index < -0.39 is 23.5 Å². The second-order valence-corrected chi connectivity index (χ2v) is 8.30. The number of hydrogen-bond acceptors (Lipinski definition) is 7. The highest BCUT2D eigenvalue weighted by Gasteiger charge is 2.20. The molecule has 31 heavy (non-hydrogen) atoms. The van der Waals surface area contributed by atoms with Crippen LogP contribution < -0.4 is 16.0 Å². The standard InChI is InChI=1S/C23H23NO6S/c1-13-8-18(25)21-14(2)16(23(29)30-19(21)9-13)10-20(26)24-17(22(27)28)12-31-11-15-6-4-3-5-7-15/h3-9,17,25H,10-12H2,1-2H3,(H,24,26)(H,27,28)/p-1/t17-/m0/s1. The number of phenolic OH excluding ortho intramolecular Hbond substituents is 1. The maximum absolute atomic E-state index is 12.5. The molecule has 1 amide bonds. The summed E-state index contributed by atoms with van der Waals surface area (Å²) in [5.41, 5.74) is 1.78. The summed E-state index contributed by atoms with van der Waals surface area (Å²) in [7, 11) is 0. The Balaban J connectivity index is 1.71. The van der Waals surface area contributed by atoms with Gasteiger partial charge in [-0.2, -0.15) is 11.8 Å². The van der Waals surface area contributed by atoms with E-state index >= 15 is 0 Å². The maximum atomic E-state index is 12.5. The van der Waals surface area contributed by atoms with Crippen molar-refractivity contribution in [2.24, 2.45) is 0 Å². The van der Waals surface area contributed by atoms with Crippen LogP contribution in [-0.2, 0) is 21.8 Å². The van der Waals surface area contributed by atoms with Gasteiger partial charge in [0, 0.05) is 11.5 Å². The first-order valence-electron chi connectivity index (χ1n) is 9.64. The summed E-state index contributed by atoms with van der Waals surface area (Å²) in [4.78, 5) is 36.3. The van der Waals surface area contributed by atoms with Crippen molar-refractivity contribution in [3.63, 3.8) is 0 Å². The van der Waals surface area contributed by atoms with Crippen molar-refractivity contribution in [2.75, 3.05) is 5.75 Å². The first-order chi connectivity index (χ1) is 14.8. The summed E-state index contributed by atoms with van der Waals surface area (Å²) >= 11 is 1.35. The van der Waals surface area contributed by atoms with Crippen molar-refractivity contribution >= 4 is 34.6 Å². The average Bonchev–Trinajstić information content (AvgIpc) is 2.70. The molecular formula is C23H22NO6S-. The van der Waals surface area contributed by atoms with Crippen molar-refractivity contribution in [3.8, 4) is 5.75 Å². The summed E-state index contributed by atoms with van der Waals surface area (Å²) in [5.74, 6) is -1.39. The van der Waals surface area contributed by atoms with E-state index in [-0.39, 0.29) is 29.1 Å². The van der Waals surface area contributed by atoms with E-state index in [2.05, 4.69) is 5.32 Å². The number of aromatic hydroxyl groups is 1. The number of carbonyl (C=O) groups excluding carboxylic acids is 2. The van der Waals surface area contributed by atoms with Crippen LogP contribution in [0.5, 0.6) is 5.75 Å². The van der Waals surface area contributed by atoms with Crippen molar-refractivity contribution in [2.45, 2.75) is 32.1 Å². The normalized spacial score (nSPS) is 11.9. The van der Waals surface area contributed by atoms with Crippen molar-refractivity contribution in [1.82, 2.24) is 5.32 Å². The summed E-state index contributed by atoms with van der Waals surface area (Å²) < 4.78 is 5.27. The second kappa shape index (κ2) is 9.70. The zero-order chi connectivity index (χ0) is 22.5. The Bertz CT molecular complexity index is 1170. The van der Waals surface area contributed by atoms with E-state index in [1.54, 1.807) is 19.9 Å². The minimum atomic E-state index is -1.40. The van der Waals surface area contributed by atoms with E-state index in [1.165, 1.54) is 17.8 Å². The highest BCUT2D eigenvalue weighted by atomic mass is 32.2. The average molecular weight is 440 g/mol. The molecule has 1 heterocycles. The Morgan fingerprint density at radius 1 is 1.19 bits per heavy atom. The monoisotopic (exact) mass is 440 g/mol. The fourth-order valence-electron chi connectivity index (χ4n) is 3.31. The number of carbonyl (C=O) groups is 2. The van der Waals surface area contributed by atoms with E-state index in [9.17, 15) is 24.6 Å². The fraction of sp³-hybridized carbons (Fsp3) is 0.261. The molecule has 0 radical (unpaired) electrons. The third kappa shape index (κ3) is 5.46. The molecule has 0 saturated heterocycles. The Morgan fingerprint density at radius 2 is 1.90 bits per heavy atom. The number of phenols is 1. The maximum Gasteiger partial charge on any atom is 0.340 e. The number of benzene rings is 2. The molecule has 0 aliphatic carbocycles. The number of fused-ring (bicyclic) bond motifs is 1. The molecule has 0 saturated carbocycles. The van der Waals surface area contributed by atoms with Crippen LogP contribution in [0.25, 0.3) is 11.0 Å².